The smallest absolute Gasteiger partial charge is 0.336 e. The van der Waals surface area contributed by atoms with Gasteiger partial charge in [-0.25, -0.2) is 9.59 Å². The van der Waals surface area contributed by atoms with Gasteiger partial charge in [0.2, 0.25) is 0 Å². The van der Waals surface area contributed by atoms with Crippen molar-refractivity contribution in [2.24, 2.45) is 0 Å². The molecule has 3 N–H and O–H groups in total. The number of H-pyrrole nitrogens is 2. The SMILES string of the molecule is CCOC(=O)C1=C(C)Nc2[nH]c(=O)[nH]c(=O)c2[C@H]1c1ccc(N(CC)CC)cc1. The van der Waals surface area contributed by atoms with E-state index in [1.807, 2.05) is 24.3 Å². The number of allylic oxidation sites excluding steroid dienone is 1. The van der Waals surface area contributed by atoms with Crippen LogP contribution in [0, 0.1) is 0 Å². The standard InChI is InChI=1S/C21H26N4O4/c1-5-25(6-2)14-10-8-13(9-11-14)16-15(20(27)29-7-3)12(4)22-18-17(16)19(26)24-21(28)23-18/h8-11,16H,5-7H2,1-4H3,(H3,22,23,24,26,28)/t16-/m0/s1. The molecular weight excluding hydrogens is 372 g/mol. The molecule has 0 saturated heterocycles. The third kappa shape index (κ3) is 3.83. The van der Waals surface area contributed by atoms with Gasteiger partial charge in [0.05, 0.1) is 23.7 Å². The predicted octanol–water partition coefficient (Wildman–Crippen LogP) is 2.30. The fourth-order valence-corrected chi connectivity index (χ4v) is 3.77. The molecule has 29 heavy (non-hydrogen) atoms. The Morgan fingerprint density at radius 3 is 2.31 bits per heavy atom. The molecular formula is C21H26N4O4. The van der Waals surface area contributed by atoms with Gasteiger partial charge in [-0.15, -0.1) is 0 Å². The number of hydrogen-bond donors (Lipinski definition) is 3. The van der Waals surface area contributed by atoms with Crippen molar-refractivity contribution < 1.29 is 9.53 Å². The number of rotatable bonds is 6. The van der Waals surface area contributed by atoms with Crippen molar-refractivity contribution >= 4 is 17.5 Å². The first-order chi connectivity index (χ1) is 13.9. The Kier molecular flexibility index (Phi) is 5.91. The van der Waals surface area contributed by atoms with Crippen LogP contribution < -0.4 is 21.5 Å². The number of carbonyl (C=O) groups is 1. The summed E-state index contributed by atoms with van der Waals surface area (Å²) >= 11 is 0. The quantitative estimate of drug-likeness (QED) is 0.645. The number of hydrogen-bond acceptors (Lipinski definition) is 6. The molecule has 0 radical (unpaired) electrons. The maximum absolute atomic E-state index is 12.7. The number of benzene rings is 1. The Labute approximate surface area is 168 Å². The second kappa shape index (κ2) is 8.38. The first-order valence-corrected chi connectivity index (χ1v) is 9.77. The van der Waals surface area contributed by atoms with E-state index in [0.29, 0.717) is 17.1 Å². The molecule has 8 heteroatoms. The highest BCUT2D eigenvalue weighted by Gasteiger charge is 2.35. The monoisotopic (exact) mass is 398 g/mol. The summed E-state index contributed by atoms with van der Waals surface area (Å²) in [5.41, 5.74) is 1.86. The van der Waals surface area contributed by atoms with E-state index in [9.17, 15) is 14.4 Å². The van der Waals surface area contributed by atoms with Crippen LogP contribution >= 0.6 is 0 Å². The molecule has 1 atom stereocenters. The van der Waals surface area contributed by atoms with Crippen molar-refractivity contribution in [3.05, 3.63) is 67.5 Å². The van der Waals surface area contributed by atoms with Crippen LogP contribution in [0.15, 0.2) is 45.1 Å². The van der Waals surface area contributed by atoms with Crippen LogP contribution in [0.4, 0.5) is 11.5 Å². The van der Waals surface area contributed by atoms with Gasteiger partial charge in [0.15, 0.2) is 0 Å². The summed E-state index contributed by atoms with van der Waals surface area (Å²) in [5, 5.41) is 2.97. The van der Waals surface area contributed by atoms with Crippen LogP contribution in [0.5, 0.6) is 0 Å². The average molecular weight is 398 g/mol. The molecule has 0 aliphatic carbocycles. The number of esters is 1. The summed E-state index contributed by atoms with van der Waals surface area (Å²) in [6.07, 6.45) is 0. The minimum atomic E-state index is -0.656. The van der Waals surface area contributed by atoms with E-state index in [-0.39, 0.29) is 12.2 Å². The molecule has 1 aliphatic rings. The minimum Gasteiger partial charge on any atom is -0.463 e. The maximum atomic E-state index is 12.7. The number of aromatic nitrogens is 2. The Morgan fingerprint density at radius 2 is 1.72 bits per heavy atom. The molecule has 0 saturated carbocycles. The zero-order chi connectivity index (χ0) is 21.1. The van der Waals surface area contributed by atoms with Gasteiger partial charge in [-0.05, 0) is 45.4 Å². The van der Waals surface area contributed by atoms with Gasteiger partial charge in [-0.1, -0.05) is 12.1 Å². The summed E-state index contributed by atoms with van der Waals surface area (Å²) < 4.78 is 5.25. The topological polar surface area (TPSA) is 107 Å². The van der Waals surface area contributed by atoms with Crippen LogP contribution in [-0.4, -0.2) is 35.6 Å². The Hall–Kier alpha value is -3.29. The van der Waals surface area contributed by atoms with Crippen molar-refractivity contribution in [2.45, 2.75) is 33.6 Å². The van der Waals surface area contributed by atoms with Gasteiger partial charge in [-0.3, -0.25) is 14.8 Å². The van der Waals surface area contributed by atoms with Crippen molar-refractivity contribution in [1.29, 1.82) is 0 Å². The van der Waals surface area contributed by atoms with Crippen molar-refractivity contribution in [2.75, 3.05) is 29.9 Å². The normalized spacial score (nSPS) is 15.5. The zero-order valence-corrected chi connectivity index (χ0v) is 17.1. The van der Waals surface area contributed by atoms with Crippen LogP contribution in [-0.2, 0) is 9.53 Å². The highest BCUT2D eigenvalue weighted by atomic mass is 16.5. The summed E-state index contributed by atoms with van der Waals surface area (Å²) in [6.45, 7) is 9.60. The minimum absolute atomic E-state index is 0.220. The summed E-state index contributed by atoms with van der Waals surface area (Å²) in [4.78, 5) is 44.2. The van der Waals surface area contributed by atoms with E-state index in [0.717, 1.165) is 24.3 Å². The van der Waals surface area contributed by atoms with Gasteiger partial charge >= 0.3 is 11.7 Å². The first-order valence-electron chi connectivity index (χ1n) is 9.77. The van der Waals surface area contributed by atoms with Crippen molar-refractivity contribution in [3.8, 4) is 0 Å². The highest BCUT2D eigenvalue weighted by molar-refractivity contribution is 5.94. The fourth-order valence-electron chi connectivity index (χ4n) is 3.77. The van der Waals surface area contributed by atoms with E-state index >= 15 is 0 Å². The van der Waals surface area contributed by atoms with E-state index in [4.69, 9.17) is 4.74 Å². The second-order valence-electron chi connectivity index (χ2n) is 6.78. The lowest BCUT2D eigenvalue weighted by Crippen LogP contribution is -2.35. The lowest BCUT2D eigenvalue weighted by molar-refractivity contribution is -0.138. The van der Waals surface area contributed by atoms with E-state index in [1.54, 1.807) is 13.8 Å². The van der Waals surface area contributed by atoms with Crippen molar-refractivity contribution in [1.82, 2.24) is 9.97 Å². The number of carbonyl (C=O) groups excluding carboxylic acids is 1. The van der Waals surface area contributed by atoms with Gasteiger partial charge in [0.1, 0.15) is 5.82 Å². The largest absolute Gasteiger partial charge is 0.463 e. The fraction of sp³-hybridized carbons (Fsp3) is 0.381. The van der Waals surface area contributed by atoms with Gasteiger partial charge in [0.25, 0.3) is 5.56 Å². The molecule has 3 rings (SSSR count). The molecule has 1 aliphatic heterocycles. The number of fused-ring (bicyclic) bond motifs is 1. The molecule has 0 spiro atoms. The van der Waals surface area contributed by atoms with Crippen LogP contribution in [0.3, 0.4) is 0 Å². The number of ether oxygens (including phenoxy) is 1. The molecule has 1 aromatic carbocycles. The molecule has 0 bridgehead atoms. The second-order valence-corrected chi connectivity index (χ2v) is 6.78. The van der Waals surface area contributed by atoms with Gasteiger partial charge in [0, 0.05) is 24.5 Å². The summed E-state index contributed by atoms with van der Waals surface area (Å²) in [7, 11) is 0. The average Bonchev–Trinajstić information content (AvgIpc) is 2.68. The van der Waals surface area contributed by atoms with Crippen LogP contribution in [0.1, 0.15) is 44.7 Å². The first kappa shape index (κ1) is 20.4. The lowest BCUT2D eigenvalue weighted by atomic mass is 9.82. The van der Waals surface area contributed by atoms with Crippen LogP contribution in [0.2, 0.25) is 0 Å². The molecule has 0 fully saturated rings. The zero-order valence-electron chi connectivity index (χ0n) is 17.1. The lowest BCUT2D eigenvalue weighted by Gasteiger charge is -2.29. The number of anilines is 2. The molecule has 0 amide bonds. The molecule has 2 aromatic rings. The molecule has 8 nitrogen and oxygen atoms in total. The van der Waals surface area contributed by atoms with Gasteiger partial charge in [-0.2, -0.15) is 0 Å². The van der Waals surface area contributed by atoms with E-state index < -0.39 is 23.1 Å². The van der Waals surface area contributed by atoms with E-state index in [1.165, 1.54) is 0 Å². The molecule has 0 unspecified atom stereocenters. The number of aromatic amines is 2. The van der Waals surface area contributed by atoms with E-state index in [2.05, 4.69) is 34.0 Å². The maximum Gasteiger partial charge on any atom is 0.336 e. The third-order valence-electron chi connectivity index (χ3n) is 5.12. The number of nitrogens with one attached hydrogen (secondary N) is 3. The Morgan fingerprint density at radius 1 is 1.07 bits per heavy atom. The Bertz CT molecular complexity index is 1050. The predicted molar refractivity (Wildman–Crippen MR) is 112 cm³/mol. The summed E-state index contributed by atoms with van der Waals surface area (Å²) in [5.74, 6) is -0.856. The molecule has 2 heterocycles. The summed E-state index contributed by atoms with van der Waals surface area (Å²) in [6, 6.07) is 7.76. The third-order valence-corrected chi connectivity index (χ3v) is 5.12. The highest BCUT2D eigenvalue weighted by Crippen LogP contribution is 2.39. The van der Waals surface area contributed by atoms with Crippen molar-refractivity contribution in [3.63, 3.8) is 0 Å². The Balaban J connectivity index is 2.18. The molecule has 1 aromatic heterocycles. The van der Waals surface area contributed by atoms with Crippen LogP contribution in [0.25, 0.3) is 0 Å². The van der Waals surface area contributed by atoms with Gasteiger partial charge < -0.3 is 15.0 Å². The number of nitrogens with zero attached hydrogens (tertiary/aromatic N) is 1. The molecule has 154 valence electrons.